The van der Waals surface area contributed by atoms with E-state index in [-0.39, 0.29) is 12.7 Å². The molecule has 2 aromatic carbocycles. The summed E-state index contributed by atoms with van der Waals surface area (Å²) in [6, 6.07) is 16.7. The Bertz CT molecular complexity index is 935. The minimum Gasteiger partial charge on any atom is -0.454 e. The molecular formula is C18H14N4O3. The third-order valence-electron chi connectivity index (χ3n) is 3.67. The van der Waals surface area contributed by atoms with Gasteiger partial charge < -0.3 is 9.47 Å². The predicted molar refractivity (Wildman–Crippen MR) is 91.6 cm³/mol. The zero-order valence-corrected chi connectivity index (χ0v) is 13.1. The van der Waals surface area contributed by atoms with Gasteiger partial charge in [0.15, 0.2) is 11.5 Å². The van der Waals surface area contributed by atoms with Crippen molar-refractivity contribution in [3.8, 4) is 22.8 Å². The molecule has 0 spiro atoms. The lowest BCUT2D eigenvalue weighted by Crippen LogP contribution is -2.17. The van der Waals surface area contributed by atoms with E-state index < -0.39 is 0 Å². The fourth-order valence-electron chi connectivity index (χ4n) is 2.41. The minimum atomic E-state index is -0.369. The van der Waals surface area contributed by atoms with E-state index in [1.54, 1.807) is 18.2 Å². The van der Waals surface area contributed by atoms with Crippen molar-refractivity contribution in [2.45, 2.75) is 0 Å². The standard InChI is InChI=1S/C18H14N4O3/c23-18(15-9-14(20-21-15)13-4-2-1-3-5-13)22-19-10-12-6-7-16-17(8-12)25-11-24-16/h1-10H,11H2,(H,20,21)(H,22,23)/b19-10-. The fourth-order valence-corrected chi connectivity index (χ4v) is 2.41. The smallest absolute Gasteiger partial charge is 0.289 e. The van der Waals surface area contributed by atoms with Crippen LogP contribution < -0.4 is 14.9 Å². The zero-order valence-electron chi connectivity index (χ0n) is 13.1. The molecule has 1 aliphatic heterocycles. The lowest BCUT2D eigenvalue weighted by atomic mass is 10.1. The molecule has 1 amide bonds. The van der Waals surface area contributed by atoms with Crippen LogP contribution in [0.4, 0.5) is 0 Å². The summed E-state index contributed by atoms with van der Waals surface area (Å²) in [5, 5.41) is 10.8. The molecule has 7 heteroatoms. The first kappa shape index (κ1) is 14.9. The van der Waals surface area contributed by atoms with Gasteiger partial charge in [-0.25, -0.2) is 5.43 Å². The predicted octanol–water partition coefficient (Wildman–Crippen LogP) is 2.57. The summed E-state index contributed by atoms with van der Waals surface area (Å²) in [5.41, 5.74) is 5.22. The number of hydrogen-bond acceptors (Lipinski definition) is 5. The van der Waals surface area contributed by atoms with Crippen LogP contribution in [0.15, 0.2) is 59.7 Å². The van der Waals surface area contributed by atoms with Gasteiger partial charge in [-0.1, -0.05) is 30.3 Å². The van der Waals surface area contributed by atoms with Crippen LogP contribution in [-0.4, -0.2) is 29.1 Å². The highest BCUT2D eigenvalue weighted by molar-refractivity contribution is 5.94. The second-order valence-corrected chi connectivity index (χ2v) is 5.34. The number of aromatic nitrogens is 2. The van der Waals surface area contributed by atoms with Crippen LogP contribution >= 0.6 is 0 Å². The Hall–Kier alpha value is -3.61. The Morgan fingerprint density at radius 2 is 1.96 bits per heavy atom. The molecule has 3 aromatic rings. The molecule has 0 saturated heterocycles. The largest absolute Gasteiger partial charge is 0.454 e. The van der Waals surface area contributed by atoms with Crippen LogP contribution in [-0.2, 0) is 0 Å². The van der Waals surface area contributed by atoms with E-state index in [0.29, 0.717) is 22.9 Å². The van der Waals surface area contributed by atoms with Crippen LogP contribution in [0.25, 0.3) is 11.3 Å². The number of benzene rings is 2. The number of H-pyrrole nitrogens is 1. The molecule has 4 rings (SSSR count). The third-order valence-corrected chi connectivity index (χ3v) is 3.67. The van der Waals surface area contributed by atoms with E-state index in [2.05, 4.69) is 20.7 Å². The van der Waals surface area contributed by atoms with Gasteiger partial charge in [0.25, 0.3) is 5.91 Å². The lowest BCUT2D eigenvalue weighted by molar-refractivity contribution is 0.0950. The molecule has 2 N–H and O–H groups in total. The molecule has 0 radical (unpaired) electrons. The SMILES string of the molecule is O=C(N/N=C\c1ccc2c(c1)OCO2)c1cc(-c2ccccc2)n[nH]1. The highest BCUT2D eigenvalue weighted by Crippen LogP contribution is 2.31. The number of carbonyl (C=O) groups is 1. The van der Waals surface area contributed by atoms with Gasteiger partial charge in [-0.2, -0.15) is 10.2 Å². The molecule has 7 nitrogen and oxygen atoms in total. The third kappa shape index (κ3) is 3.20. The molecule has 2 heterocycles. The van der Waals surface area contributed by atoms with E-state index in [1.807, 2.05) is 36.4 Å². The summed E-state index contributed by atoms with van der Waals surface area (Å²) >= 11 is 0. The molecule has 1 aliphatic rings. The van der Waals surface area contributed by atoms with E-state index in [0.717, 1.165) is 11.1 Å². The van der Waals surface area contributed by atoms with Gasteiger partial charge in [-0.15, -0.1) is 0 Å². The van der Waals surface area contributed by atoms with Crippen LogP contribution in [0, 0.1) is 0 Å². The van der Waals surface area contributed by atoms with E-state index in [4.69, 9.17) is 9.47 Å². The number of carbonyl (C=O) groups excluding carboxylic acids is 1. The highest BCUT2D eigenvalue weighted by Gasteiger charge is 2.13. The van der Waals surface area contributed by atoms with Gasteiger partial charge in [0.1, 0.15) is 5.69 Å². The monoisotopic (exact) mass is 334 g/mol. The Kier molecular flexibility index (Phi) is 3.88. The maximum atomic E-state index is 12.1. The second-order valence-electron chi connectivity index (χ2n) is 5.34. The summed E-state index contributed by atoms with van der Waals surface area (Å²) in [6.07, 6.45) is 1.54. The highest BCUT2D eigenvalue weighted by atomic mass is 16.7. The van der Waals surface area contributed by atoms with Crippen molar-refractivity contribution >= 4 is 12.1 Å². The van der Waals surface area contributed by atoms with E-state index in [1.165, 1.54) is 6.21 Å². The summed E-state index contributed by atoms with van der Waals surface area (Å²) in [5.74, 6) is 0.995. The summed E-state index contributed by atoms with van der Waals surface area (Å²) < 4.78 is 10.5. The van der Waals surface area contributed by atoms with Crippen molar-refractivity contribution in [2.24, 2.45) is 5.10 Å². The summed E-state index contributed by atoms with van der Waals surface area (Å²) in [7, 11) is 0. The van der Waals surface area contributed by atoms with Crippen molar-refractivity contribution in [3.63, 3.8) is 0 Å². The van der Waals surface area contributed by atoms with Crippen LogP contribution in [0.3, 0.4) is 0 Å². The summed E-state index contributed by atoms with van der Waals surface area (Å²) in [6.45, 7) is 0.218. The van der Waals surface area contributed by atoms with Gasteiger partial charge >= 0.3 is 0 Å². The van der Waals surface area contributed by atoms with Crippen LogP contribution in [0.2, 0.25) is 0 Å². The van der Waals surface area contributed by atoms with Crippen molar-refractivity contribution in [1.29, 1.82) is 0 Å². The van der Waals surface area contributed by atoms with Crippen molar-refractivity contribution in [3.05, 3.63) is 65.9 Å². The van der Waals surface area contributed by atoms with Gasteiger partial charge in [-0.05, 0) is 29.8 Å². The fraction of sp³-hybridized carbons (Fsp3) is 0.0556. The molecule has 0 aliphatic carbocycles. The Morgan fingerprint density at radius 3 is 2.84 bits per heavy atom. The molecule has 0 unspecified atom stereocenters. The number of hydrogen-bond donors (Lipinski definition) is 2. The Labute approximate surface area is 143 Å². The van der Waals surface area contributed by atoms with Crippen molar-refractivity contribution in [2.75, 3.05) is 6.79 Å². The number of hydrazone groups is 1. The first-order chi connectivity index (χ1) is 12.3. The first-order valence-corrected chi connectivity index (χ1v) is 7.63. The van der Waals surface area contributed by atoms with Gasteiger partial charge in [0, 0.05) is 5.56 Å². The first-order valence-electron chi connectivity index (χ1n) is 7.63. The molecule has 0 saturated carbocycles. The average molecular weight is 334 g/mol. The maximum Gasteiger partial charge on any atom is 0.289 e. The number of rotatable bonds is 4. The number of fused-ring (bicyclic) bond motifs is 1. The minimum absolute atomic E-state index is 0.218. The molecular weight excluding hydrogens is 320 g/mol. The molecule has 124 valence electrons. The van der Waals surface area contributed by atoms with Crippen molar-refractivity contribution in [1.82, 2.24) is 15.6 Å². The van der Waals surface area contributed by atoms with Crippen LogP contribution in [0.1, 0.15) is 16.1 Å². The normalized spacial score (nSPS) is 12.5. The molecule has 0 atom stereocenters. The zero-order chi connectivity index (χ0) is 17.1. The Balaban J connectivity index is 1.41. The van der Waals surface area contributed by atoms with Crippen molar-refractivity contribution < 1.29 is 14.3 Å². The van der Waals surface area contributed by atoms with Gasteiger partial charge in [0.05, 0.1) is 11.9 Å². The quantitative estimate of drug-likeness (QED) is 0.567. The topological polar surface area (TPSA) is 88.6 Å². The van der Waals surface area contributed by atoms with Gasteiger partial charge in [-0.3, -0.25) is 9.89 Å². The molecule has 0 fully saturated rings. The Morgan fingerprint density at radius 1 is 1.12 bits per heavy atom. The number of amides is 1. The number of aromatic amines is 1. The van der Waals surface area contributed by atoms with E-state index >= 15 is 0 Å². The second kappa shape index (κ2) is 6.48. The molecule has 1 aromatic heterocycles. The van der Waals surface area contributed by atoms with Gasteiger partial charge in [0.2, 0.25) is 6.79 Å². The number of ether oxygens (including phenoxy) is 2. The summed E-state index contributed by atoms with van der Waals surface area (Å²) in [4.78, 5) is 12.1. The lowest BCUT2D eigenvalue weighted by Gasteiger charge is -1.98. The number of nitrogens with zero attached hydrogens (tertiary/aromatic N) is 2. The molecule has 25 heavy (non-hydrogen) atoms. The average Bonchev–Trinajstić information content (AvgIpc) is 3.31. The number of nitrogens with one attached hydrogen (secondary N) is 2. The molecule has 0 bridgehead atoms. The maximum absolute atomic E-state index is 12.1. The van der Waals surface area contributed by atoms with Crippen LogP contribution in [0.5, 0.6) is 11.5 Å². The van der Waals surface area contributed by atoms with E-state index in [9.17, 15) is 4.79 Å².